The number of likely N-dealkylation sites (tertiary alicyclic amines) is 1. The van der Waals surface area contributed by atoms with Crippen molar-refractivity contribution in [2.75, 3.05) is 13.1 Å². The maximum Gasteiger partial charge on any atom is 0.253 e. The number of aryl methyl sites for hydroxylation is 1. The molecule has 0 saturated carbocycles. The zero-order valence-electron chi connectivity index (χ0n) is 14.9. The van der Waals surface area contributed by atoms with Gasteiger partial charge in [-0.15, -0.1) is 0 Å². The van der Waals surface area contributed by atoms with Crippen molar-refractivity contribution in [3.63, 3.8) is 0 Å². The van der Waals surface area contributed by atoms with E-state index in [0.717, 1.165) is 30.4 Å². The number of benzene rings is 1. The Kier molecular flexibility index (Phi) is 6.37. The molecule has 2 rings (SSSR count). The SMILES string of the molecule is CCC(C)C(N)C(=O)NC1CCN(C(=O)c2ccc(C)cc2)CC1. The molecule has 0 radical (unpaired) electrons. The van der Waals surface area contributed by atoms with Gasteiger partial charge in [0.1, 0.15) is 0 Å². The molecule has 2 amide bonds. The average molecular weight is 331 g/mol. The summed E-state index contributed by atoms with van der Waals surface area (Å²) in [7, 11) is 0. The Balaban J connectivity index is 1.84. The van der Waals surface area contributed by atoms with Gasteiger partial charge in [0.05, 0.1) is 6.04 Å². The van der Waals surface area contributed by atoms with E-state index in [0.29, 0.717) is 13.1 Å². The molecule has 1 fully saturated rings. The summed E-state index contributed by atoms with van der Waals surface area (Å²) in [5.74, 6) is 0.164. The molecule has 1 aliphatic rings. The third kappa shape index (κ3) is 4.57. The Bertz CT molecular complexity index is 562. The molecule has 0 bridgehead atoms. The van der Waals surface area contributed by atoms with Gasteiger partial charge in [-0.3, -0.25) is 9.59 Å². The number of carbonyl (C=O) groups excluding carboxylic acids is 2. The monoisotopic (exact) mass is 331 g/mol. The lowest BCUT2D eigenvalue weighted by Crippen LogP contribution is -2.52. The minimum absolute atomic E-state index is 0.0658. The smallest absolute Gasteiger partial charge is 0.253 e. The minimum Gasteiger partial charge on any atom is -0.352 e. The van der Waals surface area contributed by atoms with Crippen molar-refractivity contribution in [1.82, 2.24) is 10.2 Å². The van der Waals surface area contributed by atoms with E-state index in [2.05, 4.69) is 5.32 Å². The van der Waals surface area contributed by atoms with Gasteiger partial charge >= 0.3 is 0 Å². The maximum absolute atomic E-state index is 12.5. The van der Waals surface area contributed by atoms with E-state index in [1.54, 1.807) is 0 Å². The lowest BCUT2D eigenvalue weighted by Gasteiger charge is -2.33. The van der Waals surface area contributed by atoms with E-state index < -0.39 is 6.04 Å². The largest absolute Gasteiger partial charge is 0.352 e. The zero-order valence-corrected chi connectivity index (χ0v) is 14.9. The van der Waals surface area contributed by atoms with Gasteiger partial charge in [-0.2, -0.15) is 0 Å². The molecule has 132 valence electrons. The van der Waals surface area contributed by atoms with Crippen LogP contribution in [0.2, 0.25) is 0 Å². The van der Waals surface area contributed by atoms with Gasteiger partial charge in [0.25, 0.3) is 5.91 Å². The normalized spacial score (nSPS) is 18.1. The molecule has 2 atom stereocenters. The Morgan fingerprint density at radius 3 is 2.38 bits per heavy atom. The number of hydrogen-bond acceptors (Lipinski definition) is 3. The van der Waals surface area contributed by atoms with Crippen molar-refractivity contribution < 1.29 is 9.59 Å². The first kappa shape index (κ1) is 18.5. The van der Waals surface area contributed by atoms with Crippen molar-refractivity contribution >= 4 is 11.8 Å². The van der Waals surface area contributed by atoms with E-state index in [1.807, 2.05) is 49.9 Å². The molecule has 5 heteroatoms. The molecular weight excluding hydrogens is 302 g/mol. The lowest BCUT2D eigenvalue weighted by molar-refractivity contribution is -0.124. The molecule has 0 aromatic heterocycles. The number of hydrogen-bond donors (Lipinski definition) is 2. The molecule has 1 heterocycles. The first-order chi connectivity index (χ1) is 11.4. The number of rotatable bonds is 5. The molecule has 1 aliphatic heterocycles. The van der Waals surface area contributed by atoms with Crippen LogP contribution >= 0.6 is 0 Å². The van der Waals surface area contributed by atoms with Crippen molar-refractivity contribution in [2.24, 2.45) is 11.7 Å². The third-order valence-corrected chi connectivity index (χ3v) is 4.99. The van der Waals surface area contributed by atoms with Gasteiger partial charge < -0.3 is 16.0 Å². The second-order valence-corrected chi connectivity index (χ2v) is 6.85. The van der Waals surface area contributed by atoms with Crippen LogP contribution in [0.4, 0.5) is 0 Å². The summed E-state index contributed by atoms with van der Waals surface area (Å²) in [6.07, 6.45) is 2.44. The second-order valence-electron chi connectivity index (χ2n) is 6.85. The average Bonchev–Trinajstić information content (AvgIpc) is 2.61. The Morgan fingerprint density at radius 2 is 1.83 bits per heavy atom. The number of nitrogens with zero attached hydrogens (tertiary/aromatic N) is 1. The first-order valence-corrected chi connectivity index (χ1v) is 8.84. The first-order valence-electron chi connectivity index (χ1n) is 8.84. The molecule has 5 nitrogen and oxygen atoms in total. The molecule has 1 saturated heterocycles. The van der Waals surface area contributed by atoms with Crippen LogP contribution in [0, 0.1) is 12.8 Å². The van der Waals surface area contributed by atoms with Gasteiger partial charge in [-0.1, -0.05) is 38.0 Å². The van der Waals surface area contributed by atoms with Crippen LogP contribution in [0.25, 0.3) is 0 Å². The van der Waals surface area contributed by atoms with Crippen molar-refractivity contribution in [3.05, 3.63) is 35.4 Å². The summed E-state index contributed by atoms with van der Waals surface area (Å²) in [5, 5.41) is 3.04. The van der Waals surface area contributed by atoms with Gasteiger partial charge in [0.15, 0.2) is 0 Å². The Morgan fingerprint density at radius 1 is 1.25 bits per heavy atom. The van der Waals surface area contributed by atoms with E-state index >= 15 is 0 Å². The molecule has 1 aromatic rings. The van der Waals surface area contributed by atoms with Gasteiger partial charge in [-0.05, 0) is 37.8 Å². The molecule has 0 aliphatic carbocycles. The highest BCUT2D eigenvalue weighted by Gasteiger charge is 2.27. The predicted molar refractivity (Wildman–Crippen MR) is 95.7 cm³/mol. The van der Waals surface area contributed by atoms with E-state index in [1.165, 1.54) is 0 Å². The standard InChI is InChI=1S/C19H29N3O2/c1-4-14(3)17(20)18(23)21-16-9-11-22(12-10-16)19(24)15-7-5-13(2)6-8-15/h5-8,14,16-17H,4,9-12,20H2,1-3H3,(H,21,23). The second kappa shape index (κ2) is 8.29. The quantitative estimate of drug-likeness (QED) is 0.867. The van der Waals surface area contributed by atoms with Crippen LogP contribution in [0.5, 0.6) is 0 Å². The highest BCUT2D eigenvalue weighted by molar-refractivity contribution is 5.94. The Labute approximate surface area is 144 Å². The van der Waals surface area contributed by atoms with Crippen molar-refractivity contribution in [2.45, 2.75) is 52.1 Å². The third-order valence-electron chi connectivity index (χ3n) is 4.99. The van der Waals surface area contributed by atoms with Gasteiger partial charge in [0.2, 0.25) is 5.91 Å². The van der Waals surface area contributed by atoms with E-state index in [-0.39, 0.29) is 23.8 Å². The van der Waals surface area contributed by atoms with E-state index in [9.17, 15) is 9.59 Å². The Hall–Kier alpha value is -1.88. The van der Waals surface area contributed by atoms with Crippen LogP contribution < -0.4 is 11.1 Å². The molecule has 0 spiro atoms. The number of piperidine rings is 1. The van der Waals surface area contributed by atoms with Crippen molar-refractivity contribution in [1.29, 1.82) is 0 Å². The number of amides is 2. The highest BCUT2D eigenvalue weighted by Crippen LogP contribution is 2.15. The van der Waals surface area contributed by atoms with Crippen LogP contribution in [0.3, 0.4) is 0 Å². The van der Waals surface area contributed by atoms with Crippen LogP contribution in [-0.2, 0) is 4.79 Å². The number of nitrogens with one attached hydrogen (secondary N) is 1. The summed E-state index contributed by atoms with van der Waals surface area (Å²) in [5.41, 5.74) is 7.84. The van der Waals surface area contributed by atoms with Gasteiger partial charge in [0, 0.05) is 24.7 Å². The fourth-order valence-electron chi connectivity index (χ4n) is 2.92. The topological polar surface area (TPSA) is 75.4 Å². The summed E-state index contributed by atoms with van der Waals surface area (Å²) in [6, 6.07) is 7.30. The lowest BCUT2D eigenvalue weighted by atomic mass is 9.98. The van der Waals surface area contributed by atoms with E-state index in [4.69, 9.17) is 5.73 Å². The predicted octanol–water partition coefficient (Wildman–Crippen LogP) is 2.09. The summed E-state index contributed by atoms with van der Waals surface area (Å²) in [6.45, 7) is 7.36. The van der Waals surface area contributed by atoms with Crippen molar-refractivity contribution in [3.8, 4) is 0 Å². The molecule has 3 N–H and O–H groups in total. The van der Waals surface area contributed by atoms with Crippen LogP contribution in [0.1, 0.15) is 49.0 Å². The molecule has 2 unspecified atom stereocenters. The zero-order chi connectivity index (χ0) is 17.7. The fraction of sp³-hybridized carbons (Fsp3) is 0.579. The van der Waals surface area contributed by atoms with Crippen LogP contribution in [0.15, 0.2) is 24.3 Å². The van der Waals surface area contributed by atoms with Crippen LogP contribution in [-0.4, -0.2) is 41.9 Å². The molecular formula is C19H29N3O2. The van der Waals surface area contributed by atoms with Gasteiger partial charge in [-0.25, -0.2) is 0 Å². The number of carbonyl (C=O) groups is 2. The summed E-state index contributed by atoms with van der Waals surface area (Å²) in [4.78, 5) is 26.5. The maximum atomic E-state index is 12.5. The minimum atomic E-state index is -0.456. The highest BCUT2D eigenvalue weighted by atomic mass is 16.2. The summed E-state index contributed by atoms with van der Waals surface area (Å²) >= 11 is 0. The molecule has 1 aromatic carbocycles. The number of nitrogens with two attached hydrogens (primary N) is 1. The fourth-order valence-corrected chi connectivity index (χ4v) is 2.92. The summed E-state index contributed by atoms with van der Waals surface area (Å²) < 4.78 is 0. The molecule has 24 heavy (non-hydrogen) atoms.